The summed E-state index contributed by atoms with van der Waals surface area (Å²) in [5.74, 6) is 1.72. The fourth-order valence-electron chi connectivity index (χ4n) is 2.44. The highest BCUT2D eigenvalue weighted by atomic mass is 16.5. The third kappa shape index (κ3) is 4.47. The van der Waals surface area contributed by atoms with Crippen molar-refractivity contribution < 1.29 is 14.4 Å². The van der Waals surface area contributed by atoms with Crippen molar-refractivity contribution in [1.82, 2.24) is 20.0 Å². The van der Waals surface area contributed by atoms with Crippen molar-refractivity contribution in [3.05, 3.63) is 24.2 Å². The largest absolute Gasteiger partial charge is 0.390 e. The lowest BCUT2D eigenvalue weighted by molar-refractivity contribution is 0.0171. The average molecular weight is 319 g/mol. The quantitative estimate of drug-likeness (QED) is 0.796. The van der Waals surface area contributed by atoms with Crippen molar-refractivity contribution in [3.8, 4) is 11.5 Å². The van der Waals surface area contributed by atoms with Crippen LogP contribution in [-0.4, -0.2) is 70.6 Å². The van der Waals surface area contributed by atoms with Crippen LogP contribution in [0.1, 0.15) is 5.82 Å². The third-order valence-corrected chi connectivity index (χ3v) is 3.63. The molecule has 2 N–H and O–H groups in total. The minimum absolute atomic E-state index is 0.427. The zero-order valence-electron chi connectivity index (χ0n) is 13.1. The van der Waals surface area contributed by atoms with E-state index in [2.05, 4.69) is 25.3 Å². The Balaban J connectivity index is 1.53. The molecule has 3 rings (SSSR count). The van der Waals surface area contributed by atoms with Crippen LogP contribution in [0, 0.1) is 6.92 Å². The standard InChI is InChI=1S/C15H21N5O3/c1-11-18-15(23-19-11)12-2-3-16-14(8-12)17-9-13(21)10-20-4-6-22-7-5-20/h2-3,8,13,21H,4-7,9-10H2,1H3,(H,16,17). The van der Waals surface area contributed by atoms with E-state index in [0.29, 0.717) is 30.6 Å². The predicted octanol–water partition coefficient (Wildman–Crippen LogP) is 0.545. The van der Waals surface area contributed by atoms with Crippen molar-refractivity contribution in [3.63, 3.8) is 0 Å². The van der Waals surface area contributed by atoms with Gasteiger partial charge < -0.3 is 19.7 Å². The number of aliphatic hydroxyl groups excluding tert-OH is 1. The fourth-order valence-corrected chi connectivity index (χ4v) is 2.44. The van der Waals surface area contributed by atoms with Crippen molar-refractivity contribution in [2.75, 3.05) is 44.7 Å². The number of hydrogen-bond acceptors (Lipinski definition) is 8. The molecule has 0 bridgehead atoms. The Morgan fingerprint density at radius 3 is 2.96 bits per heavy atom. The van der Waals surface area contributed by atoms with Crippen molar-refractivity contribution in [2.45, 2.75) is 13.0 Å². The lowest BCUT2D eigenvalue weighted by Gasteiger charge is -2.28. The van der Waals surface area contributed by atoms with E-state index in [1.807, 2.05) is 12.1 Å². The molecule has 1 unspecified atom stereocenters. The molecule has 1 saturated heterocycles. The molecule has 0 aliphatic carbocycles. The highest BCUT2D eigenvalue weighted by molar-refractivity contribution is 5.57. The Kier molecular flexibility index (Phi) is 5.16. The van der Waals surface area contributed by atoms with Gasteiger partial charge in [0.25, 0.3) is 5.89 Å². The Bertz CT molecular complexity index is 627. The molecule has 0 spiro atoms. The molecule has 8 heteroatoms. The molecule has 2 aromatic heterocycles. The van der Waals surface area contributed by atoms with Crippen LogP contribution in [0.5, 0.6) is 0 Å². The Morgan fingerprint density at radius 1 is 1.39 bits per heavy atom. The second-order valence-corrected chi connectivity index (χ2v) is 5.52. The molecular formula is C15H21N5O3. The van der Waals surface area contributed by atoms with Crippen LogP contribution in [-0.2, 0) is 4.74 Å². The number of β-amino-alcohol motifs (C(OH)–C–C–N with tert-alkyl or cyclic N) is 1. The third-order valence-electron chi connectivity index (χ3n) is 3.63. The molecule has 8 nitrogen and oxygen atoms in total. The van der Waals surface area contributed by atoms with Crippen LogP contribution in [0.3, 0.4) is 0 Å². The van der Waals surface area contributed by atoms with E-state index < -0.39 is 6.10 Å². The summed E-state index contributed by atoms with van der Waals surface area (Å²) in [4.78, 5) is 10.6. The first-order valence-corrected chi connectivity index (χ1v) is 7.69. The molecule has 0 aromatic carbocycles. The molecule has 1 fully saturated rings. The van der Waals surface area contributed by atoms with Gasteiger partial charge in [0.05, 0.1) is 19.3 Å². The van der Waals surface area contributed by atoms with E-state index in [4.69, 9.17) is 9.26 Å². The van der Waals surface area contributed by atoms with Crippen LogP contribution in [0.2, 0.25) is 0 Å². The van der Waals surface area contributed by atoms with Gasteiger partial charge in [0.2, 0.25) is 0 Å². The van der Waals surface area contributed by atoms with Gasteiger partial charge in [0, 0.05) is 37.9 Å². The summed E-state index contributed by atoms with van der Waals surface area (Å²) < 4.78 is 10.4. The van der Waals surface area contributed by atoms with Gasteiger partial charge in [-0.1, -0.05) is 5.16 Å². The van der Waals surface area contributed by atoms with Crippen molar-refractivity contribution in [2.24, 2.45) is 0 Å². The number of aromatic nitrogens is 3. The topological polar surface area (TPSA) is 96.5 Å². The van der Waals surface area contributed by atoms with Gasteiger partial charge in [0.1, 0.15) is 5.82 Å². The number of hydrogen-bond donors (Lipinski definition) is 2. The Hall–Kier alpha value is -2.03. The molecule has 1 aliphatic heterocycles. The summed E-state index contributed by atoms with van der Waals surface area (Å²) in [7, 11) is 0. The van der Waals surface area contributed by atoms with Gasteiger partial charge in [-0.25, -0.2) is 4.98 Å². The molecule has 2 aromatic rings. The molecular weight excluding hydrogens is 298 g/mol. The second-order valence-electron chi connectivity index (χ2n) is 5.52. The normalized spacial score (nSPS) is 17.1. The SMILES string of the molecule is Cc1noc(-c2ccnc(NCC(O)CN3CCOCC3)c2)n1. The van der Waals surface area contributed by atoms with E-state index in [1.165, 1.54) is 0 Å². The number of aryl methyl sites for hydroxylation is 1. The maximum Gasteiger partial charge on any atom is 0.258 e. The second kappa shape index (κ2) is 7.49. The first-order valence-electron chi connectivity index (χ1n) is 7.69. The van der Waals surface area contributed by atoms with E-state index in [-0.39, 0.29) is 0 Å². The monoisotopic (exact) mass is 319 g/mol. The molecule has 0 amide bonds. The molecule has 0 radical (unpaired) electrons. The van der Waals surface area contributed by atoms with Gasteiger partial charge in [-0.2, -0.15) is 4.98 Å². The van der Waals surface area contributed by atoms with Gasteiger partial charge in [-0.15, -0.1) is 0 Å². The van der Waals surface area contributed by atoms with Crippen LogP contribution < -0.4 is 5.32 Å². The van der Waals surface area contributed by atoms with Gasteiger partial charge in [0.15, 0.2) is 5.82 Å². The maximum atomic E-state index is 10.1. The van der Waals surface area contributed by atoms with Gasteiger partial charge in [-0.05, 0) is 19.1 Å². The van der Waals surface area contributed by atoms with Crippen LogP contribution in [0.4, 0.5) is 5.82 Å². The number of aliphatic hydroxyl groups is 1. The van der Waals surface area contributed by atoms with Crippen molar-refractivity contribution >= 4 is 5.82 Å². The summed E-state index contributed by atoms with van der Waals surface area (Å²) in [6.07, 6.45) is 1.20. The smallest absolute Gasteiger partial charge is 0.258 e. The first-order chi connectivity index (χ1) is 11.2. The van der Waals surface area contributed by atoms with Crippen LogP contribution in [0.15, 0.2) is 22.9 Å². The van der Waals surface area contributed by atoms with Crippen LogP contribution in [0.25, 0.3) is 11.5 Å². The van der Waals surface area contributed by atoms with E-state index >= 15 is 0 Å². The number of morpholine rings is 1. The number of anilines is 1. The lowest BCUT2D eigenvalue weighted by Crippen LogP contribution is -2.42. The first kappa shape index (κ1) is 15.9. The molecule has 124 valence electrons. The summed E-state index contributed by atoms with van der Waals surface area (Å²) in [5.41, 5.74) is 0.797. The van der Waals surface area contributed by atoms with E-state index in [9.17, 15) is 5.11 Å². The number of nitrogens with zero attached hydrogens (tertiary/aromatic N) is 4. The summed E-state index contributed by atoms with van der Waals surface area (Å²) in [5, 5.41) is 17.1. The zero-order chi connectivity index (χ0) is 16.1. The van der Waals surface area contributed by atoms with Crippen LogP contribution >= 0.6 is 0 Å². The Labute approximate surface area is 134 Å². The summed E-state index contributed by atoms with van der Waals surface area (Å²) in [6, 6.07) is 3.64. The maximum absolute atomic E-state index is 10.1. The molecule has 3 heterocycles. The Morgan fingerprint density at radius 2 is 2.22 bits per heavy atom. The minimum Gasteiger partial charge on any atom is -0.390 e. The number of nitrogens with one attached hydrogen (secondary N) is 1. The predicted molar refractivity (Wildman–Crippen MR) is 84.0 cm³/mol. The summed E-state index contributed by atoms with van der Waals surface area (Å²) in [6.45, 7) is 6.01. The number of ether oxygens (including phenoxy) is 1. The zero-order valence-corrected chi connectivity index (χ0v) is 13.1. The van der Waals surface area contributed by atoms with Crippen molar-refractivity contribution in [1.29, 1.82) is 0 Å². The molecule has 23 heavy (non-hydrogen) atoms. The van der Waals surface area contributed by atoms with E-state index in [0.717, 1.165) is 31.9 Å². The lowest BCUT2D eigenvalue weighted by atomic mass is 10.2. The minimum atomic E-state index is -0.468. The average Bonchev–Trinajstić information content (AvgIpc) is 3.01. The number of pyridine rings is 1. The molecule has 1 atom stereocenters. The summed E-state index contributed by atoms with van der Waals surface area (Å²) >= 11 is 0. The van der Waals surface area contributed by atoms with E-state index in [1.54, 1.807) is 13.1 Å². The fraction of sp³-hybridized carbons (Fsp3) is 0.533. The molecule has 0 saturated carbocycles. The van der Waals surface area contributed by atoms with Gasteiger partial charge >= 0.3 is 0 Å². The number of rotatable bonds is 6. The van der Waals surface area contributed by atoms with Gasteiger partial charge in [-0.3, -0.25) is 4.90 Å². The highest BCUT2D eigenvalue weighted by Crippen LogP contribution is 2.19. The molecule has 1 aliphatic rings. The highest BCUT2D eigenvalue weighted by Gasteiger charge is 2.15.